The van der Waals surface area contributed by atoms with E-state index in [4.69, 9.17) is 9.97 Å². The third-order valence-corrected chi connectivity index (χ3v) is 9.59. The minimum Gasteiger partial charge on any atom is -0.611 e. The molecule has 1 N–H and O–H groups in total. The molecule has 1 amide bonds. The molecule has 1 aromatic heterocycles. The fourth-order valence-electron chi connectivity index (χ4n) is 5.86. The van der Waals surface area contributed by atoms with Gasteiger partial charge in [0.25, 0.3) is 0 Å². The summed E-state index contributed by atoms with van der Waals surface area (Å²) in [5.74, 6) is 2.25. The van der Waals surface area contributed by atoms with Crippen LogP contribution in [-0.2, 0) is 28.9 Å². The second kappa shape index (κ2) is 11.1. The molecule has 2 fully saturated rings. The van der Waals surface area contributed by atoms with Crippen LogP contribution in [0.3, 0.4) is 0 Å². The number of amides is 1. The van der Waals surface area contributed by atoms with Crippen molar-refractivity contribution >= 4 is 28.8 Å². The molecule has 6 rings (SSSR count). The van der Waals surface area contributed by atoms with E-state index in [1.54, 1.807) is 12.1 Å². The predicted molar refractivity (Wildman–Crippen MR) is 151 cm³/mol. The van der Waals surface area contributed by atoms with Crippen LogP contribution in [0.2, 0.25) is 0 Å². The molecular weight excluding hydrogens is 513 g/mol. The van der Waals surface area contributed by atoms with Gasteiger partial charge in [-0.3, -0.25) is 4.79 Å². The lowest BCUT2D eigenvalue weighted by Crippen LogP contribution is -2.45. The molecule has 39 heavy (non-hydrogen) atoms. The second-order valence-corrected chi connectivity index (χ2v) is 12.4. The first-order valence-electron chi connectivity index (χ1n) is 13.8. The van der Waals surface area contributed by atoms with E-state index >= 15 is 0 Å². The molecule has 2 aromatic carbocycles. The van der Waals surface area contributed by atoms with Gasteiger partial charge >= 0.3 is 0 Å². The maximum atomic E-state index is 13.3. The lowest BCUT2D eigenvalue weighted by atomic mass is 9.89. The normalized spacial score (nSPS) is 21.8. The molecule has 9 heteroatoms. The zero-order valence-corrected chi connectivity index (χ0v) is 23.1. The molecule has 1 unspecified atom stereocenters. The number of anilines is 2. The monoisotopic (exact) mass is 547 g/mol. The van der Waals surface area contributed by atoms with Crippen LogP contribution in [0, 0.1) is 12.7 Å². The van der Waals surface area contributed by atoms with Gasteiger partial charge in [0.05, 0.1) is 0 Å². The van der Waals surface area contributed by atoms with Crippen molar-refractivity contribution in [3.05, 3.63) is 76.7 Å². The van der Waals surface area contributed by atoms with E-state index in [-0.39, 0.29) is 17.8 Å². The highest BCUT2D eigenvalue weighted by Crippen LogP contribution is 2.35. The van der Waals surface area contributed by atoms with Crippen molar-refractivity contribution in [2.24, 2.45) is 0 Å². The van der Waals surface area contributed by atoms with Gasteiger partial charge in [-0.2, -0.15) is 4.98 Å². The molecule has 204 valence electrons. The summed E-state index contributed by atoms with van der Waals surface area (Å²) in [7, 11) is 0. The Bertz CT molecular complexity index is 1330. The van der Waals surface area contributed by atoms with Crippen molar-refractivity contribution in [3.63, 3.8) is 0 Å². The van der Waals surface area contributed by atoms with Crippen LogP contribution in [0.1, 0.15) is 54.0 Å². The summed E-state index contributed by atoms with van der Waals surface area (Å²) in [6.07, 6.45) is 3.88. The van der Waals surface area contributed by atoms with Crippen LogP contribution in [0.25, 0.3) is 0 Å². The summed E-state index contributed by atoms with van der Waals surface area (Å²) in [5.41, 5.74) is 4.44. The van der Waals surface area contributed by atoms with Gasteiger partial charge < -0.3 is 19.7 Å². The van der Waals surface area contributed by atoms with E-state index in [0.717, 1.165) is 42.1 Å². The van der Waals surface area contributed by atoms with Crippen molar-refractivity contribution in [1.29, 1.82) is 0 Å². The predicted octanol–water partition coefficient (Wildman–Crippen LogP) is 4.57. The third-order valence-electron chi connectivity index (χ3n) is 8.13. The van der Waals surface area contributed by atoms with Gasteiger partial charge in [-0.25, -0.2) is 9.37 Å². The Labute approximate surface area is 232 Å². The molecule has 0 spiro atoms. The zero-order chi connectivity index (χ0) is 26.9. The fraction of sp³-hybridized carbons (Fsp3) is 0.433. The summed E-state index contributed by atoms with van der Waals surface area (Å²) in [4.78, 5) is 27.2. The highest BCUT2D eigenvalue weighted by molar-refractivity contribution is 7.91. The molecule has 3 aliphatic heterocycles. The number of hydrogen-bond acceptors (Lipinski definition) is 6. The Morgan fingerprint density at radius 3 is 2.51 bits per heavy atom. The fourth-order valence-corrected chi connectivity index (χ4v) is 7.18. The summed E-state index contributed by atoms with van der Waals surface area (Å²) in [6, 6.07) is 15.1. The number of carbonyl (C=O) groups is 1. The Balaban J connectivity index is 1.17. The maximum absolute atomic E-state index is 13.3. The number of nitrogens with zero attached hydrogens (tertiary/aromatic N) is 4. The van der Waals surface area contributed by atoms with Crippen molar-refractivity contribution in [1.82, 2.24) is 14.9 Å². The van der Waals surface area contributed by atoms with Crippen LogP contribution in [-0.4, -0.2) is 56.8 Å². The van der Waals surface area contributed by atoms with Crippen molar-refractivity contribution in [2.75, 3.05) is 35.6 Å². The van der Waals surface area contributed by atoms with E-state index in [9.17, 15) is 13.7 Å². The first-order chi connectivity index (χ1) is 18.9. The van der Waals surface area contributed by atoms with Gasteiger partial charge in [-0.05, 0) is 66.5 Å². The average molecular weight is 548 g/mol. The lowest BCUT2D eigenvalue weighted by molar-refractivity contribution is -0.134. The van der Waals surface area contributed by atoms with Crippen molar-refractivity contribution < 1.29 is 13.7 Å². The van der Waals surface area contributed by atoms with Crippen LogP contribution < -0.4 is 10.2 Å². The number of hydrogen-bond donors (Lipinski definition) is 1. The van der Waals surface area contributed by atoms with E-state index in [1.165, 1.54) is 23.3 Å². The molecular formula is C30H34FN5O2S. The maximum Gasteiger partial charge on any atom is 0.227 e. The minimum absolute atomic E-state index is 0.0140. The Morgan fingerprint density at radius 1 is 1.03 bits per heavy atom. The first-order valence-corrected chi connectivity index (χ1v) is 15.1. The molecule has 3 aromatic rings. The lowest BCUT2D eigenvalue weighted by Gasteiger charge is -2.34. The number of piperidine rings is 2. The number of carbonyl (C=O) groups excluding carboxylic acids is 1. The first kappa shape index (κ1) is 26.1. The van der Waals surface area contributed by atoms with Crippen LogP contribution in [0.15, 0.2) is 53.4 Å². The summed E-state index contributed by atoms with van der Waals surface area (Å²) < 4.78 is 26.2. The number of fused-ring (bicyclic) bond motifs is 1. The van der Waals surface area contributed by atoms with Gasteiger partial charge in [-0.1, -0.05) is 42.0 Å². The van der Waals surface area contributed by atoms with Gasteiger partial charge in [-0.15, -0.1) is 0 Å². The van der Waals surface area contributed by atoms with Gasteiger partial charge in [0.1, 0.15) is 17.3 Å². The molecule has 0 bridgehead atoms. The van der Waals surface area contributed by atoms with Gasteiger partial charge in [0.15, 0.2) is 5.82 Å². The van der Waals surface area contributed by atoms with Gasteiger partial charge in [0.2, 0.25) is 16.8 Å². The smallest absolute Gasteiger partial charge is 0.227 e. The quantitative estimate of drug-likeness (QED) is 0.455. The summed E-state index contributed by atoms with van der Waals surface area (Å²) >= 11 is -1.13. The number of aromatic nitrogens is 2. The molecule has 0 saturated carbocycles. The van der Waals surface area contributed by atoms with E-state index < -0.39 is 11.2 Å². The minimum atomic E-state index is -1.13. The summed E-state index contributed by atoms with van der Waals surface area (Å²) in [5, 5.41) is 3.55. The summed E-state index contributed by atoms with van der Waals surface area (Å²) in [6.45, 7) is 4.82. The van der Waals surface area contributed by atoms with Crippen LogP contribution in [0.5, 0.6) is 0 Å². The molecule has 7 nitrogen and oxygen atoms in total. The average Bonchev–Trinajstić information content (AvgIpc) is 3.33. The van der Waals surface area contributed by atoms with E-state index in [0.29, 0.717) is 55.8 Å². The number of nitrogens with one attached hydrogen (secondary N) is 1. The number of aryl methyl sites for hydroxylation is 2. The number of likely N-dealkylation sites (tertiary alicyclic amines) is 1. The SMILES string of the molecule is Cc1ccc(C2CCN(c3nc4c(c(N[C@H]5CCC(=O)N(Cc6ccc(F)cc6)C5)n3)[S+]([O-])CC4)CC2)cc1. The molecule has 4 heterocycles. The van der Waals surface area contributed by atoms with Crippen molar-refractivity contribution in [2.45, 2.75) is 62.4 Å². The topological polar surface area (TPSA) is 84.4 Å². The Kier molecular flexibility index (Phi) is 7.44. The van der Waals surface area contributed by atoms with Crippen LogP contribution >= 0.6 is 0 Å². The van der Waals surface area contributed by atoms with E-state index in [2.05, 4.69) is 41.4 Å². The molecule has 0 aliphatic carbocycles. The van der Waals surface area contributed by atoms with Gasteiger partial charge in [0, 0.05) is 45.1 Å². The largest absolute Gasteiger partial charge is 0.611 e. The number of benzene rings is 2. The number of halogens is 1. The Morgan fingerprint density at radius 2 is 1.77 bits per heavy atom. The molecule has 3 aliphatic rings. The Hall–Kier alpha value is -3.17. The van der Waals surface area contributed by atoms with Crippen molar-refractivity contribution in [3.8, 4) is 0 Å². The van der Waals surface area contributed by atoms with Crippen LogP contribution in [0.4, 0.5) is 16.2 Å². The highest BCUT2D eigenvalue weighted by atomic mass is 32.2. The molecule has 2 atom stereocenters. The third kappa shape index (κ3) is 5.75. The molecule has 2 saturated heterocycles. The second-order valence-electron chi connectivity index (χ2n) is 10.9. The highest BCUT2D eigenvalue weighted by Gasteiger charge is 2.35. The van der Waals surface area contributed by atoms with E-state index in [1.807, 2.05) is 4.90 Å². The molecule has 0 radical (unpaired) electrons. The standard InChI is InChI=1S/C30H34FN5O2S/c1-20-2-6-22(7-3-20)23-12-15-35(16-13-23)30-33-26-14-17-39(38)28(26)29(34-30)32-25-10-11-27(37)36(19-25)18-21-4-8-24(31)9-5-21/h2-9,23,25H,10-19H2,1H3,(H,32,33,34)/t25-,39?/m0/s1. The zero-order valence-electron chi connectivity index (χ0n) is 22.2. The number of rotatable bonds is 6.